The molecule has 0 radical (unpaired) electrons. The maximum atomic E-state index is 12.0. The number of carboxylic acids is 1. The van der Waals surface area contributed by atoms with Gasteiger partial charge >= 0.3 is 5.97 Å². The van der Waals surface area contributed by atoms with Crippen molar-refractivity contribution in [3.63, 3.8) is 0 Å². The predicted octanol–water partition coefficient (Wildman–Crippen LogP) is -0.222. The first kappa shape index (κ1) is 18.5. The van der Waals surface area contributed by atoms with Crippen molar-refractivity contribution in [2.24, 2.45) is 0 Å². The van der Waals surface area contributed by atoms with Gasteiger partial charge in [-0.25, -0.2) is 0 Å². The van der Waals surface area contributed by atoms with E-state index in [9.17, 15) is 14.4 Å². The lowest BCUT2D eigenvalue weighted by molar-refractivity contribution is -0.137. The Labute approximate surface area is 147 Å². The Bertz CT molecular complexity index is 809. The van der Waals surface area contributed by atoms with E-state index in [-0.39, 0.29) is 35.4 Å². The van der Waals surface area contributed by atoms with E-state index in [2.05, 4.69) is 15.5 Å². The number of nitrogens with one attached hydrogen (secondary N) is 1. The molecule has 0 aliphatic carbocycles. The summed E-state index contributed by atoms with van der Waals surface area (Å²) in [6.45, 7) is 0.398. The van der Waals surface area contributed by atoms with Gasteiger partial charge in [0.25, 0.3) is 5.56 Å². The Hall–Kier alpha value is -2.88. The highest BCUT2D eigenvalue weighted by Gasteiger charge is 2.13. The third-order valence-electron chi connectivity index (χ3n) is 3.17. The minimum absolute atomic E-state index is 0.0205. The number of aromatic nitrogens is 3. The van der Waals surface area contributed by atoms with E-state index in [4.69, 9.17) is 10.9 Å². The van der Waals surface area contributed by atoms with Crippen LogP contribution in [0.5, 0.6) is 0 Å². The first-order chi connectivity index (χ1) is 12.0. The van der Waals surface area contributed by atoms with Gasteiger partial charge in [-0.1, -0.05) is 42.1 Å². The lowest BCUT2D eigenvalue weighted by atomic mass is 10.2. The molecular weight excluding hydrogens is 346 g/mol. The van der Waals surface area contributed by atoms with Crippen LogP contribution in [-0.2, 0) is 22.6 Å². The van der Waals surface area contributed by atoms with Crippen LogP contribution in [0.15, 0.2) is 40.3 Å². The Morgan fingerprint density at radius 3 is 2.64 bits per heavy atom. The van der Waals surface area contributed by atoms with E-state index in [1.54, 1.807) is 0 Å². The third kappa shape index (κ3) is 5.60. The average Bonchev–Trinajstić information content (AvgIpc) is 2.61. The number of hydrogen-bond donors (Lipinski definition) is 3. The van der Waals surface area contributed by atoms with E-state index < -0.39 is 11.5 Å². The molecule has 0 fully saturated rings. The Morgan fingerprint density at radius 1 is 1.24 bits per heavy atom. The van der Waals surface area contributed by atoms with E-state index in [1.807, 2.05) is 30.3 Å². The number of aliphatic carboxylic acids is 1. The molecule has 0 saturated carbocycles. The van der Waals surface area contributed by atoms with Crippen molar-refractivity contribution in [1.29, 1.82) is 0 Å². The molecule has 0 aliphatic rings. The van der Waals surface area contributed by atoms with Gasteiger partial charge in [-0.05, 0) is 5.56 Å². The fourth-order valence-electron chi connectivity index (χ4n) is 1.88. The van der Waals surface area contributed by atoms with Crippen LogP contribution < -0.4 is 16.7 Å². The molecule has 1 aromatic carbocycles. The van der Waals surface area contributed by atoms with Gasteiger partial charge in [0.15, 0.2) is 0 Å². The van der Waals surface area contributed by atoms with Crippen LogP contribution in [0.2, 0.25) is 0 Å². The SMILES string of the molecule is Nn1c(SCC(=O)NCc2ccccc2)nnc(CCC(=O)O)c1=O. The zero-order chi connectivity index (χ0) is 18.2. The molecule has 0 unspecified atom stereocenters. The van der Waals surface area contributed by atoms with Gasteiger partial charge in [-0.15, -0.1) is 10.2 Å². The molecule has 1 amide bonds. The standard InChI is InChI=1S/C15H17N5O4S/c16-20-14(24)11(6-7-13(22)23)18-19-15(20)25-9-12(21)17-8-10-4-2-1-3-5-10/h1-5H,6-9,16H2,(H,17,21)(H,22,23). The van der Waals surface area contributed by atoms with Crippen LogP contribution in [0.4, 0.5) is 0 Å². The number of carboxylic acid groups (broad SMARTS) is 1. The van der Waals surface area contributed by atoms with Gasteiger partial charge < -0.3 is 16.3 Å². The molecule has 0 spiro atoms. The Kier molecular flexibility index (Phi) is 6.52. The normalized spacial score (nSPS) is 10.4. The van der Waals surface area contributed by atoms with Crippen LogP contribution in [0, 0.1) is 0 Å². The van der Waals surface area contributed by atoms with E-state index in [0.717, 1.165) is 22.0 Å². The number of amides is 1. The van der Waals surface area contributed by atoms with Crippen molar-refractivity contribution in [2.45, 2.75) is 24.5 Å². The molecule has 2 aromatic rings. The monoisotopic (exact) mass is 363 g/mol. The predicted molar refractivity (Wildman–Crippen MR) is 91.4 cm³/mol. The Morgan fingerprint density at radius 2 is 1.96 bits per heavy atom. The number of carbonyl (C=O) groups excluding carboxylic acids is 1. The number of thioether (sulfide) groups is 1. The number of nitrogens with two attached hydrogens (primary N) is 1. The van der Waals surface area contributed by atoms with Crippen LogP contribution in [0.3, 0.4) is 0 Å². The van der Waals surface area contributed by atoms with Crippen molar-refractivity contribution in [2.75, 3.05) is 11.6 Å². The number of benzene rings is 1. The molecular formula is C15H17N5O4S. The molecule has 132 valence electrons. The van der Waals surface area contributed by atoms with Gasteiger partial charge in [0.05, 0.1) is 12.2 Å². The number of aryl methyl sites for hydroxylation is 1. The summed E-state index contributed by atoms with van der Waals surface area (Å²) in [4.78, 5) is 34.4. The van der Waals surface area contributed by atoms with E-state index >= 15 is 0 Å². The summed E-state index contributed by atoms with van der Waals surface area (Å²) >= 11 is 0.974. The number of rotatable bonds is 8. The molecule has 0 atom stereocenters. The molecule has 0 aliphatic heterocycles. The highest BCUT2D eigenvalue weighted by atomic mass is 32.2. The quantitative estimate of drug-likeness (QED) is 0.432. The molecule has 9 nitrogen and oxygen atoms in total. The maximum Gasteiger partial charge on any atom is 0.303 e. The fraction of sp³-hybridized carbons (Fsp3) is 0.267. The molecule has 1 heterocycles. The summed E-state index contributed by atoms with van der Waals surface area (Å²) in [5.41, 5.74) is 0.324. The first-order valence-electron chi connectivity index (χ1n) is 7.36. The van der Waals surface area contributed by atoms with Crippen molar-refractivity contribution in [3.8, 4) is 0 Å². The smallest absolute Gasteiger partial charge is 0.303 e. The number of nitrogens with zero attached hydrogens (tertiary/aromatic N) is 3. The zero-order valence-corrected chi connectivity index (χ0v) is 14.0. The fourth-order valence-corrected chi connectivity index (χ4v) is 2.56. The molecule has 2 rings (SSSR count). The summed E-state index contributed by atoms with van der Waals surface area (Å²) in [5.74, 6) is 4.38. The summed E-state index contributed by atoms with van der Waals surface area (Å²) in [7, 11) is 0. The van der Waals surface area contributed by atoms with Crippen molar-refractivity contribution in [3.05, 3.63) is 51.9 Å². The minimum Gasteiger partial charge on any atom is -0.481 e. The lowest BCUT2D eigenvalue weighted by Crippen LogP contribution is -2.34. The molecule has 1 aromatic heterocycles. The molecule has 0 bridgehead atoms. The summed E-state index contributed by atoms with van der Waals surface area (Å²) in [6.07, 6.45) is -0.292. The highest BCUT2D eigenvalue weighted by molar-refractivity contribution is 7.99. The zero-order valence-electron chi connectivity index (χ0n) is 13.2. The van der Waals surface area contributed by atoms with Gasteiger partial charge in [0.1, 0.15) is 5.69 Å². The molecule has 4 N–H and O–H groups in total. The highest BCUT2D eigenvalue weighted by Crippen LogP contribution is 2.11. The summed E-state index contributed by atoms with van der Waals surface area (Å²) in [6, 6.07) is 9.44. The van der Waals surface area contributed by atoms with Gasteiger partial charge in [0, 0.05) is 13.0 Å². The van der Waals surface area contributed by atoms with Crippen LogP contribution in [-0.4, -0.2) is 37.6 Å². The minimum atomic E-state index is -1.04. The number of nitrogen functional groups attached to an aromatic ring is 1. The van der Waals surface area contributed by atoms with Gasteiger partial charge in [0.2, 0.25) is 11.1 Å². The van der Waals surface area contributed by atoms with E-state index in [0.29, 0.717) is 6.54 Å². The molecule has 0 saturated heterocycles. The van der Waals surface area contributed by atoms with E-state index in [1.165, 1.54) is 0 Å². The second-order valence-corrected chi connectivity index (χ2v) is 5.99. The summed E-state index contributed by atoms with van der Waals surface area (Å²) in [5, 5.41) is 18.9. The molecule has 10 heteroatoms. The third-order valence-corrected chi connectivity index (χ3v) is 4.11. The van der Waals surface area contributed by atoms with Crippen molar-refractivity contribution >= 4 is 23.6 Å². The first-order valence-corrected chi connectivity index (χ1v) is 8.35. The van der Waals surface area contributed by atoms with Crippen molar-refractivity contribution < 1.29 is 14.7 Å². The second-order valence-electron chi connectivity index (χ2n) is 5.05. The summed E-state index contributed by atoms with van der Waals surface area (Å²) < 4.78 is 0.777. The molecule has 25 heavy (non-hydrogen) atoms. The van der Waals surface area contributed by atoms with Crippen LogP contribution >= 0.6 is 11.8 Å². The lowest BCUT2D eigenvalue weighted by Gasteiger charge is -2.08. The maximum absolute atomic E-state index is 12.0. The van der Waals surface area contributed by atoms with Crippen LogP contribution in [0.25, 0.3) is 0 Å². The van der Waals surface area contributed by atoms with Gasteiger partial charge in [-0.2, -0.15) is 4.68 Å². The number of hydrogen-bond acceptors (Lipinski definition) is 7. The second kappa shape index (κ2) is 8.83. The average molecular weight is 363 g/mol. The largest absolute Gasteiger partial charge is 0.481 e. The Balaban J connectivity index is 1.89. The van der Waals surface area contributed by atoms with Crippen molar-refractivity contribution in [1.82, 2.24) is 20.2 Å². The van der Waals surface area contributed by atoms with Crippen LogP contribution in [0.1, 0.15) is 17.7 Å². The topological polar surface area (TPSA) is 140 Å². The number of carbonyl (C=O) groups is 2. The van der Waals surface area contributed by atoms with Gasteiger partial charge in [-0.3, -0.25) is 14.4 Å².